The summed E-state index contributed by atoms with van der Waals surface area (Å²) in [5, 5.41) is 14.2. The number of aryl methyl sites for hydroxylation is 1. The number of anilines is 1. The molecular formula is C18H19N3O5S3. The maximum absolute atomic E-state index is 12.3. The molecule has 2 heterocycles. The number of nitrogens with one attached hydrogen (secondary N) is 2. The Balaban J connectivity index is 1.48. The molecule has 11 heteroatoms. The molecule has 29 heavy (non-hydrogen) atoms. The van der Waals surface area contributed by atoms with Gasteiger partial charge in [-0.05, 0) is 43.2 Å². The van der Waals surface area contributed by atoms with Crippen LogP contribution >= 0.6 is 22.7 Å². The molecule has 0 fully saturated rings. The molecule has 2 aromatic rings. The Morgan fingerprint density at radius 3 is 2.86 bits per heavy atom. The van der Waals surface area contributed by atoms with Crippen LogP contribution in [-0.4, -0.2) is 32.9 Å². The van der Waals surface area contributed by atoms with Crippen LogP contribution in [0.4, 0.5) is 5.00 Å². The molecule has 2 aromatic heterocycles. The van der Waals surface area contributed by atoms with Crippen molar-refractivity contribution in [2.24, 2.45) is 0 Å². The van der Waals surface area contributed by atoms with E-state index >= 15 is 0 Å². The fourth-order valence-corrected chi connectivity index (χ4v) is 6.22. The summed E-state index contributed by atoms with van der Waals surface area (Å²) in [4.78, 5) is 25.4. The molecule has 8 nitrogen and oxygen atoms in total. The zero-order valence-corrected chi connectivity index (χ0v) is 18.0. The number of esters is 1. The number of nitrogens with zero attached hydrogens (tertiary/aromatic N) is 1. The van der Waals surface area contributed by atoms with Crippen LogP contribution in [0.5, 0.6) is 0 Å². The first kappa shape index (κ1) is 21.4. The van der Waals surface area contributed by atoms with E-state index in [-0.39, 0.29) is 17.2 Å². The van der Waals surface area contributed by atoms with Crippen molar-refractivity contribution in [3.05, 3.63) is 33.5 Å². The van der Waals surface area contributed by atoms with Gasteiger partial charge >= 0.3 is 5.97 Å². The molecule has 0 spiro atoms. The lowest BCUT2D eigenvalue weighted by Gasteiger charge is -2.13. The lowest BCUT2D eigenvalue weighted by molar-refractivity contribution is -0.152. The van der Waals surface area contributed by atoms with E-state index in [0.717, 1.165) is 41.0 Å². The van der Waals surface area contributed by atoms with Gasteiger partial charge in [0.05, 0.1) is 12.0 Å². The van der Waals surface area contributed by atoms with E-state index in [0.29, 0.717) is 10.6 Å². The molecule has 0 saturated heterocycles. The minimum absolute atomic E-state index is 0.135. The zero-order valence-electron chi connectivity index (χ0n) is 15.6. The second-order valence-electron chi connectivity index (χ2n) is 6.37. The molecule has 0 radical (unpaired) electrons. The molecule has 0 bridgehead atoms. The predicted molar refractivity (Wildman–Crippen MR) is 109 cm³/mol. The van der Waals surface area contributed by atoms with Crippen molar-refractivity contribution in [3.8, 4) is 6.07 Å². The van der Waals surface area contributed by atoms with Gasteiger partial charge in [0.25, 0.3) is 5.91 Å². The van der Waals surface area contributed by atoms with Crippen LogP contribution < -0.4 is 10.0 Å². The number of amides is 1. The van der Waals surface area contributed by atoms with Gasteiger partial charge in [0.15, 0.2) is 6.10 Å². The summed E-state index contributed by atoms with van der Waals surface area (Å²) in [6.07, 6.45) is 1.46. The zero-order chi connectivity index (χ0) is 21.0. The van der Waals surface area contributed by atoms with E-state index in [1.165, 1.54) is 24.3 Å². The molecule has 2 N–H and O–H groups in total. The van der Waals surface area contributed by atoms with Gasteiger partial charge in [-0.3, -0.25) is 9.59 Å². The Morgan fingerprint density at radius 1 is 1.38 bits per heavy atom. The van der Waals surface area contributed by atoms with Gasteiger partial charge in [0.1, 0.15) is 15.3 Å². The highest BCUT2D eigenvalue weighted by atomic mass is 32.2. The van der Waals surface area contributed by atoms with Crippen LogP contribution in [0.25, 0.3) is 0 Å². The third-order valence-electron chi connectivity index (χ3n) is 4.33. The Hall–Kier alpha value is -2.26. The van der Waals surface area contributed by atoms with Crippen molar-refractivity contribution >= 4 is 49.6 Å². The molecule has 1 atom stereocenters. The molecule has 1 amide bonds. The van der Waals surface area contributed by atoms with Gasteiger partial charge < -0.3 is 10.1 Å². The molecule has 154 valence electrons. The molecular weight excluding hydrogens is 434 g/mol. The van der Waals surface area contributed by atoms with E-state index in [2.05, 4.69) is 16.1 Å². The van der Waals surface area contributed by atoms with Crippen LogP contribution in [-0.2, 0) is 37.2 Å². The number of nitriles is 1. The number of carbonyl (C=O) groups excluding carboxylic acids is 2. The van der Waals surface area contributed by atoms with Crippen LogP contribution in [0, 0.1) is 11.3 Å². The summed E-state index contributed by atoms with van der Waals surface area (Å²) in [6, 6.07) is 5.22. The van der Waals surface area contributed by atoms with E-state index in [1.54, 1.807) is 11.4 Å². The predicted octanol–water partition coefficient (Wildman–Crippen LogP) is 2.41. The summed E-state index contributed by atoms with van der Waals surface area (Å²) in [5.41, 5.74) is 1.48. The average Bonchev–Trinajstić information content (AvgIpc) is 3.39. The second kappa shape index (κ2) is 9.04. The summed E-state index contributed by atoms with van der Waals surface area (Å²) < 4.78 is 31.5. The number of carbonyl (C=O) groups is 2. The number of rotatable bonds is 8. The fraction of sp³-hybridized carbons (Fsp3) is 0.389. The van der Waals surface area contributed by atoms with Gasteiger partial charge in [0.2, 0.25) is 10.0 Å². The summed E-state index contributed by atoms with van der Waals surface area (Å²) in [6.45, 7) is 1.29. The van der Waals surface area contributed by atoms with Gasteiger partial charge in [-0.2, -0.15) is 5.26 Å². The Bertz CT molecular complexity index is 1050. The van der Waals surface area contributed by atoms with Crippen LogP contribution in [0.15, 0.2) is 21.7 Å². The van der Waals surface area contributed by atoms with Crippen molar-refractivity contribution in [3.63, 3.8) is 0 Å². The first-order valence-corrected chi connectivity index (χ1v) is 12.1. The minimum atomic E-state index is -3.65. The maximum atomic E-state index is 12.3. The molecule has 1 aliphatic rings. The van der Waals surface area contributed by atoms with E-state index < -0.39 is 28.0 Å². The standard InChI is InChI=1S/C18H19N3O5S3/c1-11(17(23)21-18-13(10-19)12-4-2-5-14(12)28-18)26-15(22)7-8-20-29(24,25)16-6-3-9-27-16/h3,6,9,11,20H,2,4-5,7-8H2,1H3,(H,21,23). The van der Waals surface area contributed by atoms with E-state index in [9.17, 15) is 23.3 Å². The summed E-state index contributed by atoms with van der Waals surface area (Å²) in [7, 11) is -3.65. The number of hydrogen-bond acceptors (Lipinski definition) is 8. The number of hydrogen-bond donors (Lipinski definition) is 2. The quantitative estimate of drug-likeness (QED) is 0.591. The van der Waals surface area contributed by atoms with Gasteiger partial charge in [-0.15, -0.1) is 22.7 Å². The Kier molecular flexibility index (Phi) is 6.69. The third kappa shape index (κ3) is 5.02. The van der Waals surface area contributed by atoms with Crippen molar-refractivity contribution in [2.75, 3.05) is 11.9 Å². The smallest absolute Gasteiger partial charge is 0.307 e. The largest absolute Gasteiger partial charge is 0.452 e. The minimum Gasteiger partial charge on any atom is -0.452 e. The number of fused-ring (bicyclic) bond motifs is 1. The second-order valence-corrected chi connectivity index (χ2v) is 10.4. The number of sulfonamides is 1. The molecule has 0 aliphatic heterocycles. The topological polar surface area (TPSA) is 125 Å². The highest BCUT2D eigenvalue weighted by molar-refractivity contribution is 7.91. The normalized spacial score (nSPS) is 14.1. The molecule has 3 rings (SSSR count). The Labute approximate surface area is 176 Å². The number of ether oxygens (including phenoxy) is 1. The van der Waals surface area contributed by atoms with Crippen molar-refractivity contribution in [1.29, 1.82) is 5.26 Å². The summed E-state index contributed by atoms with van der Waals surface area (Å²) in [5.74, 6) is -1.23. The molecule has 1 aliphatic carbocycles. The van der Waals surface area contributed by atoms with E-state index in [4.69, 9.17) is 4.74 Å². The fourth-order valence-electron chi connectivity index (χ4n) is 2.91. The molecule has 1 unspecified atom stereocenters. The van der Waals surface area contributed by atoms with Crippen molar-refractivity contribution in [2.45, 2.75) is 42.9 Å². The average molecular weight is 454 g/mol. The molecule has 0 saturated carbocycles. The van der Waals surface area contributed by atoms with Gasteiger partial charge in [-0.25, -0.2) is 13.1 Å². The first-order valence-electron chi connectivity index (χ1n) is 8.90. The Morgan fingerprint density at radius 2 is 2.17 bits per heavy atom. The lowest BCUT2D eigenvalue weighted by atomic mass is 10.1. The monoisotopic (exact) mass is 453 g/mol. The van der Waals surface area contributed by atoms with Crippen LogP contribution in [0.3, 0.4) is 0 Å². The van der Waals surface area contributed by atoms with E-state index in [1.807, 2.05) is 0 Å². The third-order valence-corrected chi connectivity index (χ3v) is 8.39. The SMILES string of the molecule is CC(OC(=O)CCNS(=O)(=O)c1cccs1)C(=O)Nc1sc2c(c1C#N)CCC2. The first-order chi connectivity index (χ1) is 13.8. The van der Waals surface area contributed by atoms with Gasteiger partial charge in [-0.1, -0.05) is 6.07 Å². The molecule has 0 aromatic carbocycles. The maximum Gasteiger partial charge on any atom is 0.307 e. The lowest BCUT2D eigenvalue weighted by Crippen LogP contribution is -2.32. The van der Waals surface area contributed by atoms with Gasteiger partial charge in [0, 0.05) is 11.4 Å². The van der Waals surface area contributed by atoms with Crippen LogP contribution in [0.1, 0.15) is 35.8 Å². The number of thiophene rings is 2. The van der Waals surface area contributed by atoms with Crippen LogP contribution in [0.2, 0.25) is 0 Å². The highest BCUT2D eigenvalue weighted by Gasteiger charge is 2.25. The van der Waals surface area contributed by atoms with Crippen molar-refractivity contribution in [1.82, 2.24) is 4.72 Å². The highest BCUT2D eigenvalue weighted by Crippen LogP contribution is 2.38. The van der Waals surface area contributed by atoms with Crippen molar-refractivity contribution < 1.29 is 22.7 Å². The summed E-state index contributed by atoms with van der Waals surface area (Å²) >= 11 is 2.46.